The van der Waals surface area contributed by atoms with Gasteiger partial charge in [-0.3, -0.25) is 9.59 Å². The number of amides is 2. The summed E-state index contributed by atoms with van der Waals surface area (Å²) in [6.45, 7) is -1.06. The molecule has 3 fully saturated rings. The molecule has 38 heavy (non-hydrogen) atoms. The molecule has 0 spiro atoms. The van der Waals surface area contributed by atoms with Crippen LogP contribution in [0.4, 0.5) is 26.3 Å². The maximum absolute atomic E-state index is 13.7. The number of hydrogen-bond acceptors (Lipinski definition) is 5. The first-order chi connectivity index (χ1) is 17.8. The topological polar surface area (TPSA) is 96.9 Å². The third-order valence-electron chi connectivity index (χ3n) is 6.99. The van der Waals surface area contributed by atoms with Gasteiger partial charge >= 0.3 is 6.18 Å². The highest BCUT2D eigenvalue weighted by atomic mass is 19.4. The number of nitrogens with one attached hydrogen (secondary N) is 2. The molecule has 0 aromatic heterocycles. The molecule has 2 aromatic rings. The fourth-order valence-corrected chi connectivity index (χ4v) is 4.99. The Morgan fingerprint density at radius 2 is 1.39 bits per heavy atom. The number of benzene rings is 2. The highest BCUT2D eigenvalue weighted by Gasteiger charge is 2.55. The minimum atomic E-state index is -4.86. The Kier molecular flexibility index (Phi) is 7.51. The van der Waals surface area contributed by atoms with Gasteiger partial charge in [-0.2, -0.15) is 13.2 Å². The van der Waals surface area contributed by atoms with E-state index in [4.69, 9.17) is 9.47 Å². The average Bonchev–Trinajstić information content (AvgIpc) is 2.84. The molecular formula is C25H24F6N2O5. The second-order valence-corrected chi connectivity index (χ2v) is 9.55. The lowest BCUT2D eigenvalue weighted by Crippen LogP contribution is -2.70. The molecule has 0 radical (unpaired) electrons. The van der Waals surface area contributed by atoms with E-state index < -0.39 is 71.4 Å². The largest absolute Gasteiger partial charge is 0.484 e. The van der Waals surface area contributed by atoms with E-state index in [1.54, 1.807) is 0 Å². The van der Waals surface area contributed by atoms with E-state index in [9.17, 15) is 41.0 Å². The number of carbonyl (C=O) groups excluding carboxylic acids is 2. The van der Waals surface area contributed by atoms with Gasteiger partial charge in [-0.05, 0) is 56.4 Å². The van der Waals surface area contributed by atoms with Crippen LogP contribution in [0.1, 0.15) is 37.7 Å². The lowest BCUT2D eigenvalue weighted by atomic mass is 9.60. The van der Waals surface area contributed by atoms with E-state index in [1.807, 2.05) is 0 Å². The number of hydrogen-bond donors (Lipinski definition) is 3. The van der Waals surface area contributed by atoms with Crippen LogP contribution in [-0.4, -0.2) is 47.3 Å². The van der Waals surface area contributed by atoms with Crippen LogP contribution < -0.4 is 20.1 Å². The molecular weight excluding hydrogens is 522 g/mol. The zero-order valence-electron chi connectivity index (χ0n) is 19.8. The summed E-state index contributed by atoms with van der Waals surface area (Å²) >= 11 is 0. The summed E-state index contributed by atoms with van der Waals surface area (Å²) < 4.78 is 88.4. The molecule has 3 saturated carbocycles. The van der Waals surface area contributed by atoms with Gasteiger partial charge in [-0.15, -0.1) is 0 Å². The van der Waals surface area contributed by atoms with E-state index in [0.29, 0.717) is 37.8 Å². The van der Waals surface area contributed by atoms with Crippen molar-refractivity contribution in [2.45, 2.75) is 55.5 Å². The number of aliphatic hydroxyl groups is 1. The Labute approximate surface area is 213 Å². The molecule has 0 saturated heterocycles. The molecule has 3 aliphatic carbocycles. The summed E-state index contributed by atoms with van der Waals surface area (Å²) in [6.07, 6.45) is -4.26. The molecule has 1 atom stereocenters. The standard InChI is InChI=1S/C25H24F6N2O5/c26-17-4-2-15(10-19(17)28)38-13-22(36)33-24-7-5-23(6-8-24,11-20(24)34)32-21(35)12-37-14-1-3-16(18(27)9-14)25(29,30)31/h1-4,9-10,20,34H,5-8,11-13H2,(H,32,35)(H,33,36)/t20-,23?,24?/m0/s1. The van der Waals surface area contributed by atoms with E-state index in [0.717, 1.165) is 18.2 Å². The number of fused-ring (bicyclic) bond motifs is 3. The molecule has 3 N–H and O–H groups in total. The van der Waals surface area contributed by atoms with Gasteiger partial charge in [0, 0.05) is 17.7 Å². The smallest absolute Gasteiger partial charge is 0.419 e. The first-order valence-electron chi connectivity index (χ1n) is 11.7. The molecule has 0 aliphatic heterocycles. The van der Waals surface area contributed by atoms with Crippen LogP contribution in [0.2, 0.25) is 0 Å². The summed E-state index contributed by atoms with van der Waals surface area (Å²) in [5.41, 5.74) is -3.17. The van der Waals surface area contributed by atoms with Gasteiger partial charge in [-0.25, -0.2) is 13.2 Å². The highest BCUT2D eigenvalue weighted by molar-refractivity contribution is 5.79. The maximum Gasteiger partial charge on any atom is 0.419 e. The van der Waals surface area contributed by atoms with E-state index >= 15 is 0 Å². The van der Waals surface area contributed by atoms with E-state index in [2.05, 4.69) is 10.6 Å². The molecule has 2 bridgehead atoms. The van der Waals surface area contributed by atoms with Gasteiger partial charge in [0.1, 0.15) is 17.3 Å². The summed E-state index contributed by atoms with van der Waals surface area (Å²) in [7, 11) is 0. The van der Waals surface area contributed by atoms with Crippen molar-refractivity contribution in [1.29, 1.82) is 0 Å². The van der Waals surface area contributed by atoms with Gasteiger partial charge < -0.3 is 25.2 Å². The van der Waals surface area contributed by atoms with Gasteiger partial charge in [-0.1, -0.05) is 0 Å². The Hall–Kier alpha value is -3.48. The summed E-state index contributed by atoms with van der Waals surface area (Å²) in [5, 5.41) is 16.4. The summed E-state index contributed by atoms with van der Waals surface area (Å²) in [4.78, 5) is 24.9. The zero-order valence-corrected chi connectivity index (χ0v) is 19.8. The first kappa shape index (κ1) is 27.6. The summed E-state index contributed by atoms with van der Waals surface area (Å²) in [6, 6.07) is 4.84. The van der Waals surface area contributed by atoms with Gasteiger partial charge in [0.25, 0.3) is 11.8 Å². The Bertz CT molecular complexity index is 1210. The SMILES string of the molecule is O=C(COc1ccc(C(F)(F)F)c(F)c1)NC12CCC(NC(=O)COc3ccc(F)c(F)c3)(CC1)[C@@H](O)C2. The Morgan fingerprint density at radius 3 is 1.92 bits per heavy atom. The van der Waals surface area contributed by atoms with E-state index in [1.165, 1.54) is 6.07 Å². The van der Waals surface area contributed by atoms with Crippen LogP contribution in [-0.2, 0) is 15.8 Å². The van der Waals surface area contributed by atoms with Gasteiger partial charge in [0.05, 0.1) is 17.2 Å². The molecule has 2 amide bonds. The van der Waals surface area contributed by atoms with Crippen molar-refractivity contribution in [2.24, 2.45) is 0 Å². The average molecular weight is 546 g/mol. The number of aliphatic hydroxyl groups excluding tert-OH is 1. The second kappa shape index (κ2) is 10.4. The third-order valence-corrected chi connectivity index (χ3v) is 6.99. The zero-order chi connectivity index (χ0) is 27.7. The van der Waals surface area contributed by atoms with Crippen LogP contribution in [0, 0.1) is 17.5 Å². The molecule has 0 heterocycles. The quantitative estimate of drug-likeness (QED) is 0.440. The van der Waals surface area contributed by atoms with Crippen molar-refractivity contribution in [3.05, 3.63) is 59.4 Å². The Morgan fingerprint density at radius 1 is 0.842 bits per heavy atom. The van der Waals surface area contributed by atoms with Crippen LogP contribution in [0.25, 0.3) is 0 Å². The molecule has 3 aliphatic rings. The molecule has 13 heteroatoms. The van der Waals surface area contributed by atoms with E-state index in [-0.39, 0.29) is 17.9 Å². The molecule has 5 rings (SSSR count). The second-order valence-electron chi connectivity index (χ2n) is 9.55. The van der Waals surface area contributed by atoms with Crippen LogP contribution >= 0.6 is 0 Å². The molecule has 2 aromatic carbocycles. The van der Waals surface area contributed by atoms with Gasteiger partial charge in [0.15, 0.2) is 24.8 Å². The van der Waals surface area contributed by atoms with Crippen molar-refractivity contribution < 1.29 is 50.5 Å². The molecule has 0 unspecified atom stereocenters. The Balaban J connectivity index is 1.27. The fourth-order valence-electron chi connectivity index (χ4n) is 4.99. The van der Waals surface area contributed by atoms with Crippen molar-refractivity contribution in [3.8, 4) is 11.5 Å². The highest BCUT2D eigenvalue weighted by Crippen LogP contribution is 2.47. The minimum Gasteiger partial charge on any atom is -0.484 e. The first-order valence-corrected chi connectivity index (χ1v) is 11.7. The lowest BCUT2D eigenvalue weighted by molar-refractivity contribution is -0.140. The number of alkyl halides is 3. The number of carbonyl (C=O) groups is 2. The van der Waals surface area contributed by atoms with Gasteiger partial charge in [0.2, 0.25) is 0 Å². The monoisotopic (exact) mass is 546 g/mol. The van der Waals surface area contributed by atoms with Crippen molar-refractivity contribution in [2.75, 3.05) is 13.2 Å². The maximum atomic E-state index is 13.7. The van der Waals surface area contributed by atoms with Crippen LogP contribution in [0.15, 0.2) is 36.4 Å². The lowest BCUT2D eigenvalue weighted by Gasteiger charge is -2.56. The van der Waals surface area contributed by atoms with Crippen LogP contribution in [0.5, 0.6) is 11.5 Å². The van der Waals surface area contributed by atoms with Crippen molar-refractivity contribution >= 4 is 11.8 Å². The predicted octanol–water partition coefficient (Wildman–Crippen LogP) is 3.63. The number of ether oxygens (including phenoxy) is 2. The third kappa shape index (κ3) is 5.98. The number of rotatable bonds is 8. The van der Waals surface area contributed by atoms with Crippen molar-refractivity contribution in [3.63, 3.8) is 0 Å². The van der Waals surface area contributed by atoms with Crippen LogP contribution in [0.3, 0.4) is 0 Å². The molecule has 7 nitrogen and oxygen atoms in total. The van der Waals surface area contributed by atoms with Crippen molar-refractivity contribution in [1.82, 2.24) is 10.6 Å². The minimum absolute atomic E-state index is 0.0348. The predicted molar refractivity (Wildman–Crippen MR) is 120 cm³/mol. The fraction of sp³-hybridized carbons (Fsp3) is 0.440. The molecule has 206 valence electrons. The normalized spacial score (nSPS) is 24.6. The number of halogens is 6. The summed E-state index contributed by atoms with van der Waals surface area (Å²) in [5.74, 6) is -5.14.